The molecule has 1 aromatic rings. The molecule has 1 rings (SSSR count). The van der Waals surface area contributed by atoms with E-state index in [0.29, 0.717) is 0 Å². The van der Waals surface area contributed by atoms with E-state index in [2.05, 4.69) is 6.58 Å². The molecule has 0 unspecified atom stereocenters. The second-order valence-corrected chi connectivity index (χ2v) is 2.96. The summed E-state index contributed by atoms with van der Waals surface area (Å²) >= 11 is 0. The average molecular weight is 173 g/mol. The monoisotopic (exact) mass is 173 g/mol. The van der Waals surface area contributed by atoms with Crippen LogP contribution in [0.25, 0.3) is 12.7 Å². The Labute approximate surface area is 78.9 Å². The Hall–Kier alpha value is -1.50. The first-order valence-electron chi connectivity index (χ1n) is 4.44. The van der Waals surface area contributed by atoms with Crippen molar-refractivity contribution < 1.29 is 0 Å². The molecule has 0 spiro atoms. The molecule has 0 saturated carbocycles. The summed E-state index contributed by atoms with van der Waals surface area (Å²) in [6.07, 6.45) is 4.82. The molecule has 68 valence electrons. The van der Waals surface area contributed by atoms with Crippen LogP contribution in [0.15, 0.2) is 36.0 Å². The van der Waals surface area contributed by atoms with Gasteiger partial charge in [0.25, 0.3) is 0 Å². The maximum atomic E-state index is 5.68. The van der Waals surface area contributed by atoms with Gasteiger partial charge in [-0.25, -0.2) is 0 Å². The van der Waals surface area contributed by atoms with Gasteiger partial charge in [-0.05, 0) is 22.9 Å². The number of hydrogen-bond donors (Lipinski definition) is 1. The molecule has 0 bridgehead atoms. The quantitative estimate of drug-likeness (QED) is 0.713. The molecule has 0 radical (unpaired) electrons. The third kappa shape index (κ3) is 2.79. The Balaban J connectivity index is 3.09. The van der Waals surface area contributed by atoms with E-state index in [0.717, 1.165) is 22.6 Å². The maximum absolute atomic E-state index is 5.68. The number of benzene rings is 1. The fraction of sp³-hybridized carbons (Fsp3) is 0.167. The average Bonchev–Trinajstić information content (AvgIpc) is 2.16. The van der Waals surface area contributed by atoms with Crippen LogP contribution in [0.1, 0.15) is 13.3 Å². The first kappa shape index (κ1) is 9.59. The van der Waals surface area contributed by atoms with Crippen molar-refractivity contribution >= 4 is 12.7 Å². The Morgan fingerprint density at radius 2 is 2.15 bits per heavy atom. The van der Waals surface area contributed by atoms with E-state index in [9.17, 15) is 0 Å². The van der Waals surface area contributed by atoms with E-state index in [1.807, 2.05) is 43.3 Å². The largest absolute Gasteiger partial charge is 0.402 e. The van der Waals surface area contributed by atoms with Gasteiger partial charge in [-0.1, -0.05) is 43.8 Å². The summed E-state index contributed by atoms with van der Waals surface area (Å²) in [7, 11) is 0. The number of hydrogen-bond acceptors (Lipinski definition) is 1. The van der Waals surface area contributed by atoms with Gasteiger partial charge >= 0.3 is 0 Å². The highest BCUT2D eigenvalue weighted by molar-refractivity contribution is 5.39. The van der Waals surface area contributed by atoms with Gasteiger partial charge in [0.15, 0.2) is 0 Å². The van der Waals surface area contributed by atoms with Gasteiger partial charge < -0.3 is 5.73 Å². The van der Waals surface area contributed by atoms with Crippen LogP contribution in [0, 0.1) is 0 Å². The smallest absolute Gasteiger partial charge is 0.00779 e. The van der Waals surface area contributed by atoms with E-state index in [1.54, 1.807) is 0 Å². The summed E-state index contributed by atoms with van der Waals surface area (Å²) in [4.78, 5) is 0. The Morgan fingerprint density at radius 1 is 1.46 bits per heavy atom. The van der Waals surface area contributed by atoms with Crippen molar-refractivity contribution in [3.05, 3.63) is 46.5 Å². The highest BCUT2D eigenvalue weighted by Gasteiger charge is 1.81. The minimum atomic E-state index is 0.885. The van der Waals surface area contributed by atoms with Crippen LogP contribution < -0.4 is 16.2 Å². The lowest BCUT2D eigenvalue weighted by Crippen LogP contribution is -2.21. The molecule has 0 aliphatic heterocycles. The zero-order valence-electron chi connectivity index (χ0n) is 7.96. The fourth-order valence-electron chi connectivity index (χ4n) is 1.01. The van der Waals surface area contributed by atoms with Crippen molar-refractivity contribution in [2.24, 2.45) is 5.73 Å². The van der Waals surface area contributed by atoms with Gasteiger partial charge in [0.1, 0.15) is 0 Å². The van der Waals surface area contributed by atoms with E-state index in [1.165, 1.54) is 0 Å². The molecule has 0 aliphatic carbocycles. The van der Waals surface area contributed by atoms with E-state index < -0.39 is 0 Å². The lowest BCUT2D eigenvalue weighted by Gasteiger charge is -1.90. The van der Waals surface area contributed by atoms with Crippen LogP contribution in [0.5, 0.6) is 0 Å². The van der Waals surface area contributed by atoms with Crippen molar-refractivity contribution in [1.29, 1.82) is 0 Å². The molecule has 1 aromatic carbocycles. The van der Waals surface area contributed by atoms with Crippen LogP contribution in [0.4, 0.5) is 0 Å². The number of allylic oxidation sites excluding steroid dienone is 2. The third-order valence-corrected chi connectivity index (χ3v) is 1.94. The minimum absolute atomic E-state index is 0.885. The zero-order chi connectivity index (χ0) is 9.68. The Kier molecular flexibility index (Phi) is 3.32. The summed E-state index contributed by atoms with van der Waals surface area (Å²) in [6.45, 7) is 5.96. The molecule has 0 aliphatic rings. The summed E-state index contributed by atoms with van der Waals surface area (Å²) < 4.78 is 0. The van der Waals surface area contributed by atoms with E-state index in [-0.39, 0.29) is 0 Å². The molecule has 0 amide bonds. The summed E-state index contributed by atoms with van der Waals surface area (Å²) in [5.74, 6) is 0. The minimum Gasteiger partial charge on any atom is -0.402 e. The van der Waals surface area contributed by atoms with Gasteiger partial charge in [0.2, 0.25) is 0 Å². The number of rotatable bonds is 2. The van der Waals surface area contributed by atoms with Crippen molar-refractivity contribution in [1.82, 2.24) is 0 Å². The Morgan fingerprint density at radius 3 is 2.77 bits per heavy atom. The summed E-state index contributed by atoms with van der Waals surface area (Å²) in [6, 6.07) is 7.99. The molecule has 0 saturated heterocycles. The van der Waals surface area contributed by atoms with Gasteiger partial charge in [0.05, 0.1) is 0 Å². The molecule has 0 heterocycles. The van der Waals surface area contributed by atoms with E-state index in [4.69, 9.17) is 5.73 Å². The molecule has 1 heteroatoms. The van der Waals surface area contributed by atoms with Gasteiger partial charge in [-0.2, -0.15) is 0 Å². The van der Waals surface area contributed by atoms with Crippen LogP contribution in [-0.2, 0) is 0 Å². The summed E-state index contributed by atoms with van der Waals surface area (Å²) in [5.41, 5.74) is 6.57. The zero-order valence-corrected chi connectivity index (χ0v) is 7.96. The normalized spacial score (nSPS) is 13.3. The second kappa shape index (κ2) is 4.51. The molecule has 0 atom stereocenters. The second-order valence-electron chi connectivity index (χ2n) is 2.96. The first-order chi connectivity index (χ1) is 6.24. The molecular formula is C12H15N. The topological polar surface area (TPSA) is 26.0 Å². The Bertz CT molecular complexity index is 401. The van der Waals surface area contributed by atoms with Gasteiger partial charge in [-0.3, -0.25) is 0 Å². The molecule has 0 fully saturated rings. The fourth-order valence-corrected chi connectivity index (χ4v) is 1.01. The van der Waals surface area contributed by atoms with Crippen molar-refractivity contribution in [2.75, 3.05) is 0 Å². The predicted molar refractivity (Wildman–Crippen MR) is 58.2 cm³/mol. The van der Waals surface area contributed by atoms with Crippen molar-refractivity contribution in [3.8, 4) is 0 Å². The SMILES string of the molecule is C=c1cccc/c1=C/C=C(/N)CC. The van der Waals surface area contributed by atoms with Crippen LogP contribution in [-0.4, -0.2) is 0 Å². The lowest BCUT2D eigenvalue weighted by molar-refractivity contribution is 1.07. The van der Waals surface area contributed by atoms with Gasteiger partial charge in [-0.15, -0.1) is 0 Å². The standard InChI is InChI=1S/C12H15N/c1-3-12(13)9-8-11-7-5-4-6-10(11)2/h4-9H,2-3,13H2,1H3/b11-8-,12-9+. The van der Waals surface area contributed by atoms with Gasteiger partial charge in [0, 0.05) is 5.70 Å². The highest BCUT2D eigenvalue weighted by atomic mass is 14.6. The van der Waals surface area contributed by atoms with Crippen molar-refractivity contribution in [2.45, 2.75) is 13.3 Å². The third-order valence-electron chi connectivity index (χ3n) is 1.94. The molecule has 1 nitrogen and oxygen atoms in total. The summed E-state index contributed by atoms with van der Waals surface area (Å²) in [5, 5.41) is 2.15. The van der Waals surface area contributed by atoms with Crippen LogP contribution in [0.2, 0.25) is 0 Å². The molecule has 13 heavy (non-hydrogen) atoms. The highest BCUT2D eigenvalue weighted by Crippen LogP contribution is 1.89. The number of nitrogens with two attached hydrogens (primary N) is 1. The molecular weight excluding hydrogens is 158 g/mol. The predicted octanol–water partition coefficient (Wildman–Crippen LogP) is 1.13. The van der Waals surface area contributed by atoms with Crippen LogP contribution in [0.3, 0.4) is 0 Å². The molecule has 0 aromatic heterocycles. The lowest BCUT2D eigenvalue weighted by atomic mass is 10.2. The molecule has 2 N–H and O–H groups in total. The first-order valence-corrected chi connectivity index (χ1v) is 4.44. The van der Waals surface area contributed by atoms with Crippen LogP contribution >= 0.6 is 0 Å². The maximum Gasteiger partial charge on any atom is 0.00779 e. The van der Waals surface area contributed by atoms with E-state index >= 15 is 0 Å². The van der Waals surface area contributed by atoms with Crippen molar-refractivity contribution in [3.63, 3.8) is 0 Å².